The summed E-state index contributed by atoms with van der Waals surface area (Å²) in [5.74, 6) is -1.11. The molecule has 4 aromatic heterocycles. The summed E-state index contributed by atoms with van der Waals surface area (Å²) in [6.45, 7) is 3.50. The van der Waals surface area contributed by atoms with Crippen molar-refractivity contribution >= 4 is 50.7 Å². The zero-order valence-corrected chi connectivity index (χ0v) is 23.3. The fourth-order valence-corrected chi connectivity index (χ4v) is 5.22. The van der Waals surface area contributed by atoms with Crippen molar-refractivity contribution in [1.29, 1.82) is 0 Å². The molecule has 0 saturated heterocycles. The number of pyridine rings is 1. The molecule has 0 bridgehead atoms. The molecule has 0 unspecified atom stereocenters. The molecule has 0 aliphatic carbocycles. The van der Waals surface area contributed by atoms with Gasteiger partial charge in [-0.3, -0.25) is 14.3 Å². The van der Waals surface area contributed by atoms with Gasteiger partial charge >= 0.3 is 6.18 Å². The zero-order chi connectivity index (χ0) is 29.6. The molecule has 212 valence electrons. The summed E-state index contributed by atoms with van der Waals surface area (Å²) < 4.78 is 49.8. The number of ether oxygens (including phenoxy) is 1. The molecule has 3 N–H and O–H groups in total. The number of thiophene rings is 1. The van der Waals surface area contributed by atoms with Crippen molar-refractivity contribution in [3.63, 3.8) is 0 Å². The quantitative estimate of drug-likeness (QED) is 0.250. The smallest absolute Gasteiger partial charge is 0.433 e. The van der Waals surface area contributed by atoms with Crippen molar-refractivity contribution in [2.45, 2.75) is 26.8 Å². The third-order valence-corrected chi connectivity index (χ3v) is 7.83. The number of hydrogen-bond acceptors (Lipinski definition) is 7. The zero-order valence-electron chi connectivity index (χ0n) is 21.7. The third-order valence-electron chi connectivity index (χ3n) is 6.31. The molecule has 5 rings (SSSR count). The van der Waals surface area contributed by atoms with E-state index in [1.54, 1.807) is 32.2 Å². The molecular formula is C26H21ClF3N7O3S. The predicted octanol–water partition coefficient (Wildman–Crippen LogP) is 5.57. The van der Waals surface area contributed by atoms with Gasteiger partial charge in [0.1, 0.15) is 21.2 Å². The Morgan fingerprint density at radius 3 is 2.56 bits per heavy atom. The Morgan fingerprint density at radius 2 is 1.93 bits per heavy atom. The van der Waals surface area contributed by atoms with Crippen molar-refractivity contribution in [2.24, 2.45) is 12.8 Å². The van der Waals surface area contributed by atoms with Crippen LogP contribution in [0.2, 0.25) is 5.02 Å². The lowest BCUT2D eigenvalue weighted by Gasteiger charge is -2.12. The summed E-state index contributed by atoms with van der Waals surface area (Å²) in [4.78, 5) is 29.0. The molecule has 1 aromatic carbocycles. The second-order valence-electron chi connectivity index (χ2n) is 9.05. The number of rotatable bonds is 7. The summed E-state index contributed by atoms with van der Waals surface area (Å²) in [5.41, 5.74) is 6.16. The number of halogens is 4. The molecule has 15 heteroatoms. The van der Waals surface area contributed by atoms with Crippen LogP contribution in [0.3, 0.4) is 0 Å². The van der Waals surface area contributed by atoms with Crippen molar-refractivity contribution < 1.29 is 27.5 Å². The normalized spacial score (nSPS) is 11.7. The highest BCUT2D eigenvalue weighted by atomic mass is 35.5. The number of nitrogens with one attached hydrogen (secondary N) is 1. The van der Waals surface area contributed by atoms with Crippen LogP contribution in [0.15, 0.2) is 42.7 Å². The van der Waals surface area contributed by atoms with Gasteiger partial charge in [-0.1, -0.05) is 11.6 Å². The van der Waals surface area contributed by atoms with E-state index in [1.165, 1.54) is 27.8 Å². The second-order valence-corrected chi connectivity index (χ2v) is 10.5. The maximum Gasteiger partial charge on any atom is 0.433 e. The van der Waals surface area contributed by atoms with Crippen molar-refractivity contribution in [3.8, 4) is 16.9 Å². The van der Waals surface area contributed by atoms with Gasteiger partial charge in [-0.15, -0.1) is 11.3 Å². The molecule has 0 aliphatic heterocycles. The maximum absolute atomic E-state index is 13.8. The van der Waals surface area contributed by atoms with Gasteiger partial charge < -0.3 is 15.8 Å². The van der Waals surface area contributed by atoms with Crippen LogP contribution in [0.1, 0.15) is 37.1 Å². The molecule has 0 radical (unpaired) electrons. The first-order chi connectivity index (χ1) is 19.3. The van der Waals surface area contributed by atoms with E-state index < -0.39 is 23.7 Å². The fourth-order valence-electron chi connectivity index (χ4n) is 4.09. The molecule has 2 amide bonds. The van der Waals surface area contributed by atoms with E-state index in [0.29, 0.717) is 33.4 Å². The number of benzene rings is 1. The Bertz CT molecular complexity index is 1830. The molecule has 0 aliphatic rings. The van der Waals surface area contributed by atoms with Crippen molar-refractivity contribution in [1.82, 2.24) is 24.5 Å². The Kier molecular flexibility index (Phi) is 7.21. The number of fused-ring (bicyclic) bond motifs is 1. The molecule has 4 heterocycles. The van der Waals surface area contributed by atoms with Crippen LogP contribution in [0.4, 0.5) is 18.9 Å². The first-order valence-corrected chi connectivity index (χ1v) is 13.1. The summed E-state index contributed by atoms with van der Waals surface area (Å²) in [5, 5.41) is 11.7. The largest absolute Gasteiger partial charge is 0.471 e. The van der Waals surface area contributed by atoms with Crippen molar-refractivity contribution in [2.75, 3.05) is 5.32 Å². The molecule has 0 saturated carbocycles. The lowest BCUT2D eigenvalue weighted by atomic mass is 10.0. The Balaban J connectivity index is 1.51. The summed E-state index contributed by atoms with van der Waals surface area (Å²) >= 11 is 6.69. The van der Waals surface area contributed by atoms with E-state index in [9.17, 15) is 22.8 Å². The van der Waals surface area contributed by atoms with Gasteiger partial charge in [0.2, 0.25) is 0 Å². The molecule has 0 spiro atoms. The number of nitrogens with two attached hydrogens (primary N) is 1. The predicted molar refractivity (Wildman–Crippen MR) is 147 cm³/mol. The van der Waals surface area contributed by atoms with Gasteiger partial charge in [0.05, 0.1) is 11.9 Å². The van der Waals surface area contributed by atoms with Gasteiger partial charge in [-0.2, -0.15) is 23.4 Å². The highest BCUT2D eigenvalue weighted by Crippen LogP contribution is 2.44. The average molecular weight is 604 g/mol. The number of nitrogens with zero attached hydrogens (tertiary/aromatic N) is 5. The number of aromatic nitrogens is 5. The minimum Gasteiger partial charge on any atom is -0.471 e. The SMILES string of the molecule is Cc1cc(OCn2ccc(C(=O)Nc3c(C(N)=O)sc4nc(C(F)(F)F)cc(-c5cnn(C)c5C)c34)n2)ccc1Cl. The minimum atomic E-state index is -4.76. The van der Waals surface area contributed by atoms with Gasteiger partial charge in [0.15, 0.2) is 12.4 Å². The van der Waals surface area contributed by atoms with Crippen LogP contribution >= 0.6 is 22.9 Å². The van der Waals surface area contributed by atoms with Crippen LogP contribution in [0.25, 0.3) is 21.3 Å². The molecular weight excluding hydrogens is 583 g/mol. The van der Waals surface area contributed by atoms with E-state index >= 15 is 0 Å². The van der Waals surface area contributed by atoms with E-state index in [-0.39, 0.29) is 38.8 Å². The summed E-state index contributed by atoms with van der Waals surface area (Å²) in [6, 6.07) is 7.44. The van der Waals surface area contributed by atoms with Crippen molar-refractivity contribution in [3.05, 3.63) is 75.3 Å². The number of primary amides is 1. The Hall–Kier alpha value is -4.43. The molecule has 0 atom stereocenters. The first-order valence-electron chi connectivity index (χ1n) is 11.9. The Morgan fingerprint density at radius 1 is 1.17 bits per heavy atom. The fraction of sp³-hybridized carbons (Fsp3) is 0.192. The number of carbonyl (C=O) groups excluding carboxylic acids is 2. The molecule has 0 fully saturated rings. The number of alkyl halides is 3. The number of amides is 2. The van der Waals surface area contributed by atoms with Crippen LogP contribution < -0.4 is 15.8 Å². The highest BCUT2D eigenvalue weighted by molar-refractivity contribution is 7.21. The number of carbonyl (C=O) groups is 2. The standard InChI is InChI=1S/C26H21ClF3N7O3S/c1-12-8-14(4-5-17(12)27)40-11-37-7-6-18(35-37)24(39)34-21-20-15(16-10-32-36(3)13(16)2)9-19(26(28,29)30)33-25(20)41-22(21)23(31)38/h4-10H,11H2,1-3H3,(H2,31,38)(H,34,39). The maximum atomic E-state index is 13.8. The van der Waals surface area contributed by atoms with Gasteiger partial charge in [0.25, 0.3) is 11.8 Å². The first kappa shape index (κ1) is 28.1. The molecule has 41 heavy (non-hydrogen) atoms. The van der Waals surface area contributed by atoms with Crippen LogP contribution in [-0.2, 0) is 20.0 Å². The summed E-state index contributed by atoms with van der Waals surface area (Å²) in [6.07, 6.45) is -1.85. The van der Waals surface area contributed by atoms with Gasteiger partial charge in [-0.05, 0) is 55.3 Å². The van der Waals surface area contributed by atoms with E-state index in [4.69, 9.17) is 22.1 Å². The van der Waals surface area contributed by atoms with Gasteiger partial charge in [-0.25, -0.2) is 9.67 Å². The molecule has 5 aromatic rings. The minimum absolute atomic E-state index is 0.0170. The highest BCUT2D eigenvalue weighted by Gasteiger charge is 2.35. The second kappa shape index (κ2) is 10.5. The van der Waals surface area contributed by atoms with E-state index in [1.807, 2.05) is 6.92 Å². The van der Waals surface area contributed by atoms with Crippen LogP contribution in [0.5, 0.6) is 5.75 Å². The number of anilines is 1. The average Bonchev–Trinajstić information content (AvgIpc) is 3.62. The van der Waals surface area contributed by atoms with Crippen LogP contribution in [-0.4, -0.2) is 36.4 Å². The monoisotopic (exact) mass is 603 g/mol. The van der Waals surface area contributed by atoms with E-state index in [0.717, 1.165) is 11.6 Å². The third kappa shape index (κ3) is 5.47. The van der Waals surface area contributed by atoms with Crippen LogP contribution in [0, 0.1) is 13.8 Å². The topological polar surface area (TPSA) is 130 Å². The van der Waals surface area contributed by atoms with E-state index in [2.05, 4.69) is 20.5 Å². The Labute approximate surface area is 239 Å². The number of hydrogen-bond donors (Lipinski definition) is 2. The molecule has 10 nitrogen and oxygen atoms in total. The lowest BCUT2D eigenvalue weighted by molar-refractivity contribution is -0.140. The summed E-state index contributed by atoms with van der Waals surface area (Å²) in [7, 11) is 1.64. The number of aryl methyl sites for hydroxylation is 2. The lowest BCUT2D eigenvalue weighted by Crippen LogP contribution is -2.18. The van der Waals surface area contributed by atoms with Gasteiger partial charge in [0, 0.05) is 34.9 Å².